The van der Waals surface area contributed by atoms with E-state index in [0.717, 1.165) is 48.5 Å². The van der Waals surface area contributed by atoms with E-state index in [0.29, 0.717) is 10.8 Å². The van der Waals surface area contributed by atoms with Crippen LogP contribution in [0.4, 0.5) is 0 Å². The first-order valence-electron chi connectivity index (χ1n) is 8.64. The van der Waals surface area contributed by atoms with E-state index in [1.165, 1.54) is 0 Å². The number of nitrogens with two attached hydrogens (primary N) is 1. The Kier molecular flexibility index (Phi) is 5.25. The summed E-state index contributed by atoms with van der Waals surface area (Å²) in [5, 5.41) is 0.664. The van der Waals surface area contributed by atoms with Crippen LogP contribution in [0, 0.1) is 6.92 Å². The van der Waals surface area contributed by atoms with Crippen LogP contribution in [-0.4, -0.2) is 14.0 Å². The lowest BCUT2D eigenvalue weighted by Crippen LogP contribution is -2.22. The van der Waals surface area contributed by atoms with Crippen LogP contribution in [-0.2, 0) is 13.1 Å². The van der Waals surface area contributed by atoms with Crippen molar-refractivity contribution in [2.24, 2.45) is 5.73 Å². The summed E-state index contributed by atoms with van der Waals surface area (Å²) in [5.74, 6) is 0.659. The van der Waals surface area contributed by atoms with Gasteiger partial charge in [0.25, 0.3) is 5.56 Å². The summed E-state index contributed by atoms with van der Waals surface area (Å²) in [6.45, 7) is 5.21. The topological polar surface area (TPSA) is 65.3 Å². The molecule has 0 spiro atoms. The van der Waals surface area contributed by atoms with E-state index >= 15 is 0 Å². The number of unbranched alkanes of at least 4 members (excludes halogenated alkanes) is 2. The molecule has 1 aromatic carbocycles. The van der Waals surface area contributed by atoms with E-state index in [2.05, 4.69) is 11.5 Å². The van der Waals surface area contributed by atoms with Gasteiger partial charge in [0.2, 0.25) is 5.78 Å². The highest BCUT2D eigenvalue weighted by Crippen LogP contribution is 2.25. The Morgan fingerprint density at radius 2 is 1.92 bits per heavy atom. The maximum atomic E-state index is 12.6. The minimum Gasteiger partial charge on any atom is -0.325 e. The van der Waals surface area contributed by atoms with E-state index in [9.17, 15) is 4.79 Å². The second kappa shape index (κ2) is 7.42. The quantitative estimate of drug-likeness (QED) is 0.682. The number of nitrogens with zero attached hydrogens (tertiary/aromatic N) is 3. The molecule has 0 saturated carbocycles. The average molecular weight is 359 g/mol. The van der Waals surface area contributed by atoms with Crippen LogP contribution in [0.3, 0.4) is 0 Å². The van der Waals surface area contributed by atoms with Crippen molar-refractivity contribution in [1.82, 2.24) is 14.0 Å². The maximum Gasteiger partial charge on any atom is 0.259 e. The monoisotopic (exact) mass is 358 g/mol. The largest absolute Gasteiger partial charge is 0.325 e. The van der Waals surface area contributed by atoms with Gasteiger partial charge in [0.15, 0.2) is 0 Å². The van der Waals surface area contributed by atoms with Gasteiger partial charge in [-0.05, 0) is 25.5 Å². The molecule has 0 fully saturated rings. The van der Waals surface area contributed by atoms with Crippen LogP contribution in [0.1, 0.15) is 37.6 Å². The van der Waals surface area contributed by atoms with Crippen LogP contribution in [0.15, 0.2) is 35.1 Å². The third kappa shape index (κ3) is 3.34. The van der Waals surface area contributed by atoms with Crippen molar-refractivity contribution < 1.29 is 0 Å². The van der Waals surface area contributed by atoms with Crippen molar-refractivity contribution in [3.63, 3.8) is 0 Å². The molecule has 3 aromatic rings. The fraction of sp³-hybridized carbons (Fsp3) is 0.368. The molecule has 2 N–H and O–H groups in total. The number of fused-ring (bicyclic) bond motifs is 1. The second-order valence-electron chi connectivity index (χ2n) is 6.24. The van der Waals surface area contributed by atoms with Gasteiger partial charge in [0.1, 0.15) is 0 Å². The molecule has 3 rings (SSSR count). The Labute approximate surface area is 152 Å². The van der Waals surface area contributed by atoms with Crippen molar-refractivity contribution in [2.45, 2.75) is 46.2 Å². The number of aryl methyl sites for hydroxylation is 2. The van der Waals surface area contributed by atoms with Gasteiger partial charge in [-0.3, -0.25) is 4.79 Å². The predicted octanol–water partition coefficient (Wildman–Crippen LogP) is 3.77. The number of halogens is 1. The SMILES string of the molecule is CCCCCn1c(C)cc(=O)n2c(CN)c(-c3ccc(Cl)cc3)nc12. The number of aromatic nitrogens is 3. The summed E-state index contributed by atoms with van der Waals surface area (Å²) < 4.78 is 3.75. The number of imidazole rings is 1. The molecule has 0 unspecified atom stereocenters. The zero-order valence-electron chi connectivity index (χ0n) is 14.6. The second-order valence-corrected chi connectivity index (χ2v) is 6.67. The third-order valence-corrected chi connectivity index (χ3v) is 4.72. The van der Waals surface area contributed by atoms with Crippen LogP contribution < -0.4 is 11.3 Å². The zero-order chi connectivity index (χ0) is 18.0. The van der Waals surface area contributed by atoms with Gasteiger partial charge < -0.3 is 10.3 Å². The van der Waals surface area contributed by atoms with E-state index in [1.54, 1.807) is 10.5 Å². The molecule has 5 nitrogen and oxygen atoms in total. The standard InChI is InChI=1S/C19H23ClN4O/c1-3-4-5-10-23-13(2)11-17(25)24-16(12-21)18(22-19(23)24)14-6-8-15(20)9-7-14/h6-9,11H,3-5,10,12,21H2,1-2H3. The van der Waals surface area contributed by atoms with Crippen LogP contribution in [0.5, 0.6) is 0 Å². The fourth-order valence-electron chi connectivity index (χ4n) is 3.16. The van der Waals surface area contributed by atoms with Crippen molar-refractivity contribution in [1.29, 1.82) is 0 Å². The lowest BCUT2D eigenvalue weighted by Gasteiger charge is -2.12. The zero-order valence-corrected chi connectivity index (χ0v) is 15.4. The van der Waals surface area contributed by atoms with Crippen molar-refractivity contribution >= 4 is 17.4 Å². The van der Waals surface area contributed by atoms with Crippen LogP contribution in [0.2, 0.25) is 5.02 Å². The molecule has 0 atom stereocenters. The van der Waals surface area contributed by atoms with Crippen molar-refractivity contribution in [3.05, 3.63) is 57.1 Å². The molecule has 2 heterocycles. The van der Waals surface area contributed by atoms with Crippen LogP contribution >= 0.6 is 11.6 Å². The number of rotatable bonds is 6. The number of hydrogen-bond acceptors (Lipinski definition) is 3. The Balaban J connectivity index is 2.22. The lowest BCUT2D eigenvalue weighted by molar-refractivity contribution is 0.589. The first-order chi connectivity index (χ1) is 12.1. The predicted molar refractivity (Wildman–Crippen MR) is 102 cm³/mol. The van der Waals surface area contributed by atoms with Gasteiger partial charge in [-0.25, -0.2) is 9.38 Å². The molecule has 0 aliphatic carbocycles. The highest BCUT2D eigenvalue weighted by molar-refractivity contribution is 6.30. The van der Waals surface area contributed by atoms with E-state index in [-0.39, 0.29) is 12.1 Å². The molecule has 0 bridgehead atoms. The minimum absolute atomic E-state index is 0.0904. The molecule has 25 heavy (non-hydrogen) atoms. The molecule has 0 amide bonds. The van der Waals surface area contributed by atoms with E-state index in [4.69, 9.17) is 22.3 Å². The Morgan fingerprint density at radius 1 is 1.20 bits per heavy atom. The Hall–Kier alpha value is -2.11. The normalized spacial score (nSPS) is 11.4. The van der Waals surface area contributed by atoms with Gasteiger partial charge >= 0.3 is 0 Å². The summed E-state index contributed by atoms with van der Waals surface area (Å²) in [7, 11) is 0. The van der Waals surface area contributed by atoms with E-state index < -0.39 is 0 Å². The first kappa shape index (κ1) is 17.7. The summed E-state index contributed by atoms with van der Waals surface area (Å²) in [5.41, 5.74) is 9.18. The Bertz CT molecular complexity index is 941. The highest BCUT2D eigenvalue weighted by atomic mass is 35.5. The first-order valence-corrected chi connectivity index (χ1v) is 9.02. The molecule has 0 saturated heterocycles. The fourth-order valence-corrected chi connectivity index (χ4v) is 3.28. The highest BCUT2D eigenvalue weighted by Gasteiger charge is 2.18. The summed E-state index contributed by atoms with van der Waals surface area (Å²) in [4.78, 5) is 17.4. The lowest BCUT2D eigenvalue weighted by atomic mass is 10.1. The molecule has 0 radical (unpaired) electrons. The maximum absolute atomic E-state index is 12.6. The summed E-state index contributed by atoms with van der Waals surface area (Å²) in [6, 6.07) is 9.11. The summed E-state index contributed by atoms with van der Waals surface area (Å²) >= 11 is 5.99. The van der Waals surface area contributed by atoms with Gasteiger partial charge in [-0.2, -0.15) is 0 Å². The average Bonchev–Trinajstić information content (AvgIpc) is 2.98. The number of hydrogen-bond donors (Lipinski definition) is 1. The molecule has 6 heteroatoms. The van der Waals surface area contributed by atoms with Crippen LogP contribution in [0.25, 0.3) is 17.0 Å². The molecular formula is C19H23ClN4O. The van der Waals surface area contributed by atoms with Gasteiger partial charge in [0, 0.05) is 35.4 Å². The van der Waals surface area contributed by atoms with Gasteiger partial charge in [-0.1, -0.05) is 43.5 Å². The molecule has 2 aromatic heterocycles. The van der Waals surface area contributed by atoms with Crippen molar-refractivity contribution in [3.8, 4) is 11.3 Å². The molecule has 132 valence electrons. The Morgan fingerprint density at radius 3 is 2.56 bits per heavy atom. The van der Waals surface area contributed by atoms with Gasteiger partial charge in [-0.15, -0.1) is 0 Å². The van der Waals surface area contributed by atoms with Gasteiger partial charge in [0.05, 0.1) is 11.4 Å². The molecule has 0 aliphatic rings. The number of benzene rings is 1. The third-order valence-electron chi connectivity index (χ3n) is 4.47. The van der Waals surface area contributed by atoms with Crippen molar-refractivity contribution in [2.75, 3.05) is 0 Å². The minimum atomic E-state index is -0.0904. The van der Waals surface area contributed by atoms with E-state index in [1.807, 2.05) is 31.2 Å². The summed E-state index contributed by atoms with van der Waals surface area (Å²) in [6.07, 6.45) is 3.34. The molecular weight excluding hydrogens is 336 g/mol. The molecule has 0 aliphatic heterocycles. The smallest absolute Gasteiger partial charge is 0.259 e.